The van der Waals surface area contributed by atoms with Gasteiger partial charge in [-0.2, -0.15) is 0 Å². The normalized spacial score (nSPS) is 10.6. The first-order chi connectivity index (χ1) is 8.41. The lowest BCUT2D eigenvalue weighted by atomic mass is 9.86. The fourth-order valence-corrected chi connectivity index (χ4v) is 1.77. The lowest BCUT2D eigenvalue weighted by molar-refractivity contribution is 0.0697. The van der Waals surface area contributed by atoms with E-state index in [4.69, 9.17) is 20.3 Å². The molecule has 1 aromatic heterocycles. The molecule has 92 valence electrons. The van der Waals surface area contributed by atoms with Crippen LogP contribution >= 0.6 is 0 Å². The predicted octanol–water partition coefficient (Wildman–Crippen LogP) is -0.455. The molecule has 18 heavy (non-hydrogen) atoms. The SMILES string of the molecule is O=C(O)c1ccc2c(c1)cc(B(O)O)n2C(=O)O. The highest BCUT2D eigenvalue weighted by atomic mass is 16.4. The molecule has 8 heteroatoms. The molecule has 0 aliphatic carbocycles. The number of benzene rings is 1. The third kappa shape index (κ3) is 1.83. The van der Waals surface area contributed by atoms with E-state index in [0.717, 1.165) is 0 Å². The molecule has 0 unspecified atom stereocenters. The average Bonchev–Trinajstić information content (AvgIpc) is 2.66. The van der Waals surface area contributed by atoms with Crippen LogP contribution in [0.3, 0.4) is 0 Å². The molecule has 4 N–H and O–H groups in total. The molecule has 0 radical (unpaired) electrons. The lowest BCUT2D eigenvalue weighted by Gasteiger charge is -2.03. The summed E-state index contributed by atoms with van der Waals surface area (Å²) in [5.74, 6) is -1.15. The second kappa shape index (κ2) is 4.17. The van der Waals surface area contributed by atoms with Gasteiger partial charge in [-0.3, -0.25) is 4.57 Å². The van der Waals surface area contributed by atoms with E-state index >= 15 is 0 Å². The first-order valence-corrected chi connectivity index (χ1v) is 4.90. The summed E-state index contributed by atoms with van der Waals surface area (Å²) < 4.78 is 0.700. The standard InChI is InChI=1S/C10H8BNO6/c13-9(14)5-1-2-7-6(3-5)4-8(11(17)18)12(7)10(15)16/h1-4,17-18H,(H,13,14)(H,15,16). The third-order valence-electron chi connectivity index (χ3n) is 2.53. The number of hydrogen-bond donors (Lipinski definition) is 4. The second-order valence-electron chi connectivity index (χ2n) is 3.64. The highest BCUT2D eigenvalue weighted by Crippen LogP contribution is 2.17. The Bertz CT molecular complexity index is 647. The zero-order valence-electron chi connectivity index (χ0n) is 8.94. The van der Waals surface area contributed by atoms with Gasteiger partial charge in [-0.05, 0) is 24.3 Å². The molecule has 2 rings (SSSR count). The van der Waals surface area contributed by atoms with Gasteiger partial charge in [-0.1, -0.05) is 0 Å². The number of hydrogen-bond acceptors (Lipinski definition) is 4. The van der Waals surface area contributed by atoms with Gasteiger partial charge in [0.25, 0.3) is 0 Å². The van der Waals surface area contributed by atoms with Crippen molar-refractivity contribution >= 4 is 35.7 Å². The maximum Gasteiger partial charge on any atom is 0.506 e. The minimum absolute atomic E-state index is 0.0102. The van der Waals surface area contributed by atoms with Crippen molar-refractivity contribution in [1.29, 1.82) is 0 Å². The quantitative estimate of drug-likeness (QED) is 0.535. The first-order valence-electron chi connectivity index (χ1n) is 4.90. The Hall–Kier alpha value is -2.32. The topological polar surface area (TPSA) is 120 Å². The van der Waals surface area contributed by atoms with Crippen molar-refractivity contribution in [1.82, 2.24) is 4.57 Å². The molecule has 2 aromatic rings. The van der Waals surface area contributed by atoms with Crippen LogP contribution in [0.5, 0.6) is 0 Å². The van der Waals surface area contributed by atoms with Crippen molar-refractivity contribution in [2.75, 3.05) is 0 Å². The van der Waals surface area contributed by atoms with Crippen molar-refractivity contribution in [2.24, 2.45) is 0 Å². The Morgan fingerprint density at radius 1 is 1.11 bits per heavy atom. The fourth-order valence-electron chi connectivity index (χ4n) is 1.77. The summed E-state index contributed by atoms with van der Waals surface area (Å²) in [5, 5.41) is 36.3. The summed E-state index contributed by atoms with van der Waals surface area (Å²) in [4.78, 5) is 21.8. The van der Waals surface area contributed by atoms with Gasteiger partial charge in [0.05, 0.1) is 16.7 Å². The van der Waals surface area contributed by atoms with Crippen molar-refractivity contribution in [3.8, 4) is 0 Å². The highest BCUT2D eigenvalue weighted by molar-refractivity contribution is 6.59. The number of fused-ring (bicyclic) bond motifs is 1. The van der Waals surface area contributed by atoms with Gasteiger partial charge in [-0.25, -0.2) is 9.59 Å². The van der Waals surface area contributed by atoms with Crippen molar-refractivity contribution in [2.45, 2.75) is 0 Å². The molecule has 7 nitrogen and oxygen atoms in total. The number of carboxylic acids is 1. The predicted molar refractivity (Wildman–Crippen MR) is 62.1 cm³/mol. The fraction of sp³-hybridized carbons (Fsp3) is 0. The Morgan fingerprint density at radius 3 is 2.28 bits per heavy atom. The van der Waals surface area contributed by atoms with Gasteiger partial charge in [0, 0.05) is 5.39 Å². The van der Waals surface area contributed by atoms with E-state index in [1.807, 2.05) is 0 Å². The van der Waals surface area contributed by atoms with Crippen molar-refractivity contribution in [3.63, 3.8) is 0 Å². The molecule has 0 fully saturated rings. The Kier molecular flexibility index (Phi) is 2.81. The summed E-state index contributed by atoms with van der Waals surface area (Å²) in [7, 11) is -1.96. The molecule has 0 saturated heterocycles. The number of nitrogens with zero attached hydrogens (tertiary/aromatic N) is 1. The van der Waals surface area contributed by atoms with Gasteiger partial charge in [0.1, 0.15) is 0 Å². The molecule has 0 saturated carbocycles. The van der Waals surface area contributed by atoms with E-state index < -0.39 is 19.2 Å². The van der Waals surface area contributed by atoms with E-state index in [1.165, 1.54) is 24.3 Å². The molecule has 0 atom stereocenters. The zero-order chi connectivity index (χ0) is 13.4. The number of aromatic carboxylic acids is 1. The van der Waals surface area contributed by atoms with E-state index in [9.17, 15) is 9.59 Å². The minimum atomic E-state index is -1.96. The van der Waals surface area contributed by atoms with E-state index in [-0.39, 0.29) is 16.7 Å². The van der Waals surface area contributed by atoms with Crippen LogP contribution in [0, 0.1) is 0 Å². The summed E-state index contributed by atoms with van der Waals surface area (Å²) in [5.41, 5.74) is -0.0559. The molecule has 0 aliphatic heterocycles. The smallest absolute Gasteiger partial charge is 0.478 e. The summed E-state index contributed by atoms with van der Waals surface area (Å²) >= 11 is 0. The first kappa shape index (κ1) is 12.2. The van der Waals surface area contributed by atoms with Crippen molar-refractivity contribution < 1.29 is 29.9 Å². The molecule has 0 aliphatic rings. The van der Waals surface area contributed by atoms with Gasteiger partial charge < -0.3 is 20.3 Å². The molecule has 0 amide bonds. The van der Waals surface area contributed by atoms with Crippen LogP contribution < -0.4 is 5.59 Å². The molecule has 1 heterocycles. The molecule has 1 aromatic carbocycles. The van der Waals surface area contributed by atoms with Gasteiger partial charge in [-0.15, -0.1) is 0 Å². The van der Waals surface area contributed by atoms with Gasteiger partial charge in [0.15, 0.2) is 0 Å². The Balaban J connectivity index is 2.76. The van der Waals surface area contributed by atoms with Crippen LogP contribution in [0.2, 0.25) is 0 Å². The van der Waals surface area contributed by atoms with Crippen LogP contribution in [-0.4, -0.2) is 44.0 Å². The monoisotopic (exact) mass is 249 g/mol. The summed E-state index contributed by atoms with van der Waals surface area (Å²) in [6, 6.07) is 5.04. The maximum absolute atomic E-state index is 11.0. The average molecular weight is 249 g/mol. The Labute approximate surface area is 101 Å². The van der Waals surface area contributed by atoms with Crippen molar-refractivity contribution in [3.05, 3.63) is 29.8 Å². The molecular weight excluding hydrogens is 241 g/mol. The number of carbonyl (C=O) groups is 2. The molecule has 0 spiro atoms. The van der Waals surface area contributed by atoms with E-state index in [0.29, 0.717) is 9.95 Å². The largest absolute Gasteiger partial charge is 0.506 e. The summed E-state index contributed by atoms with van der Waals surface area (Å²) in [6.45, 7) is 0. The van der Waals surface area contributed by atoms with Crippen LogP contribution in [0.15, 0.2) is 24.3 Å². The molecule has 0 bridgehead atoms. The number of aromatic nitrogens is 1. The van der Waals surface area contributed by atoms with Crippen LogP contribution in [0.1, 0.15) is 10.4 Å². The number of rotatable bonds is 2. The zero-order valence-corrected chi connectivity index (χ0v) is 8.94. The summed E-state index contributed by atoms with van der Waals surface area (Å²) in [6.07, 6.45) is -1.38. The Morgan fingerprint density at radius 2 is 1.78 bits per heavy atom. The minimum Gasteiger partial charge on any atom is -0.478 e. The van der Waals surface area contributed by atoms with Gasteiger partial charge >= 0.3 is 19.2 Å². The maximum atomic E-state index is 11.0. The third-order valence-corrected chi connectivity index (χ3v) is 2.53. The van der Waals surface area contributed by atoms with Crippen LogP contribution in [0.4, 0.5) is 4.79 Å². The van der Waals surface area contributed by atoms with E-state index in [2.05, 4.69) is 0 Å². The number of carboxylic acid groups (broad SMARTS) is 2. The molecular formula is C10H8BNO6. The van der Waals surface area contributed by atoms with Gasteiger partial charge in [0.2, 0.25) is 0 Å². The van der Waals surface area contributed by atoms with E-state index in [1.54, 1.807) is 0 Å². The second-order valence-corrected chi connectivity index (χ2v) is 3.64. The van der Waals surface area contributed by atoms with Crippen LogP contribution in [-0.2, 0) is 0 Å². The lowest BCUT2D eigenvalue weighted by Crippen LogP contribution is -2.38. The highest BCUT2D eigenvalue weighted by Gasteiger charge is 2.23. The van der Waals surface area contributed by atoms with Crippen LogP contribution in [0.25, 0.3) is 10.9 Å².